The van der Waals surface area contributed by atoms with Gasteiger partial charge in [-0.2, -0.15) is 0 Å². The van der Waals surface area contributed by atoms with E-state index in [2.05, 4.69) is 5.32 Å². The molecule has 0 spiro atoms. The Morgan fingerprint density at radius 2 is 1.92 bits per heavy atom. The highest BCUT2D eigenvalue weighted by Crippen LogP contribution is 2.25. The van der Waals surface area contributed by atoms with Crippen molar-refractivity contribution in [3.05, 3.63) is 33.9 Å². The van der Waals surface area contributed by atoms with E-state index < -0.39 is 4.92 Å². The lowest BCUT2D eigenvalue weighted by molar-refractivity contribution is -0.384. The number of rotatable bonds is 8. The van der Waals surface area contributed by atoms with E-state index in [4.69, 9.17) is 0 Å². The normalized spacial score (nSPS) is 10.5. The summed E-state index contributed by atoms with van der Waals surface area (Å²) in [7, 11) is 3.31. The van der Waals surface area contributed by atoms with Crippen LogP contribution < -0.4 is 5.32 Å². The first kappa shape index (κ1) is 19.6. The van der Waals surface area contributed by atoms with Gasteiger partial charge in [-0.05, 0) is 31.5 Å². The van der Waals surface area contributed by atoms with Crippen molar-refractivity contribution in [2.75, 3.05) is 39.0 Å². The van der Waals surface area contributed by atoms with Crippen LogP contribution in [0, 0.1) is 17.0 Å². The van der Waals surface area contributed by atoms with Crippen LogP contribution in [0.5, 0.6) is 0 Å². The van der Waals surface area contributed by atoms with Gasteiger partial charge in [0.25, 0.3) is 5.69 Å². The second-order valence-electron chi connectivity index (χ2n) is 5.82. The van der Waals surface area contributed by atoms with Gasteiger partial charge in [0.15, 0.2) is 0 Å². The Morgan fingerprint density at radius 3 is 2.46 bits per heavy atom. The number of nitrogens with one attached hydrogen (secondary N) is 1. The van der Waals surface area contributed by atoms with Crippen molar-refractivity contribution in [3.63, 3.8) is 0 Å². The van der Waals surface area contributed by atoms with Gasteiger partial charge >= 0.3 is 0 Å². The lowest BCUT2D eigenvalue weighted by Gasteiger charge is -2.22. The number of carbonyl (C=O) groups excluding carboxylic acids is 2. The molecule has 2 amide bonds. The minimum Gasteiger partial charge on any atom is -0.348 e. The van der Waals surface area contributed by atoms with Crippen molar-refractivity contribution in [2.24, 2.45) is 0 Å². The van der Waals surface area contributed by atoms with Crippen LogP contribution in [0.4, 0.5) is 11.4 Å². The SMILES string of the molecule is CCCN(CC(=O)Nc1ccc(C)cc1[N+](=O)[O-])CC(=O)N(C)C. The molecule has 1 rings (SSSR count). The molecular weight excluding hydrogens is 312 g/mol. The minimum atomic E-state index is -0.526. The summed E-state index contributed by atoms with van der Waals surface area (Å²) in [4.78, 5) is 37.8. The predicted molar refractivity (Wildman–Crippen MR) is 91.9 cm³/mol. The van der Waals surface area contributed by atoms with Crippen LogP contribution in [0.2, 0.25) is 0 Å². The van der Waals surface area contributed by atoms with Crippen molar-refractivity contribution < 1.29 is 14.5 Å². The Bertz CT molecular complexity index is 616. The molecule has 0 radical (unpaired) electrons. The minimum absolute atomic E-state index is 0.00154. The van der Waals surface area contributed by atoms with Crippen molar-refractivity contribution in [3.8, 4) is 0 Å². The number of amides is 2. The average molecular weight is 336 g/mol. The lowest BCUT2D eigenvalue weighted by Crippen LogP contribution is -2.41. The number of nitro benzene ring substituents is 1. The van der Waals surface area contributed by atoms with Gasteiger partial charge in [-0.3, -0.25) is 24.6 Å². The molecule has 132 valence electrons. The van der Waals surface area contributed by atoms with Crippen LogP contribution in [-0.4, -0.2) is 60.3 Å². The number of anilines is 1. The van der Waals surface area contributed by atoms with Gasteiger partial charge in [-0.15, -0.1) is 0 Å². The molecule has 8 nitrogen and oxygen atoms in total. The fraction of sp³-hybridized carbons (Fsp3) is 0.500. The van der Waals surface area contributed by atoms with Crippen LogP contribution in [0.15, 0.2) is 18.2 Å². The van der Waals surface area contributed by atoms with Gasteiger partial charge in [0, 0.05) is 20.2 Å². The lowest BCUT2D eigenvalue weighted by atomic mass is 10.2. The number of likely N-dealkylation sites (N-methyl/N-ethyl adjacent to an activating group) is 1. The Hall–Kier alpha value is -2.48. The summed E-state index contributed by atoms with van der Waals surface area (Å²) >= 11 is 0. The molecule has 0 fully saturated rings. The summed E-state index contributed by atoms with van der Waals surface area (Å²) in [6, 6.07) is 4.62. The first-order valence-corrected chi connectivity index (χ1v) is 7.72. The average Bonchev–Trinajstić information content (AvgIpc) is 2.48. The molecule has 1 aromatic rings. The molecule has 0 heterocycles. The fourth-order valence-electron chi connectivity index (χ4n) is 2.15. The predicted octanol–water partition coefficient (Wildman–Crippen LogP) is 1.64. The number of hydrogen-bond donors (Lipinski definition) is 1. The van der Waals surface area contributed by atoms with Crippen molar-refractivity contribution >= 4 is 23.2 Å². The number of nitro groups is 1. The Balaban J connectivity index is 2.79. The third-order valence-corrected chi connectivity index (χ3v) is 3.39. The van der Waals surface area contributed by atoms with E-state index in [1.54, 1.807) is 32.0 Å². The quantitative estimate of drug-likeness (QED) is 0.575. The molecule has 0 unspecified atom stereocenters. The maximum atomic E-state index is 12.2. The number of hydrogen-bond acceptors (Lipinski definition) is 5. The zero-order chi connectivity index (χ0) is 18.3. The van der Waals surface area contributed by atoms with Gasteiger partial charge in [0.1, 0.15) is 5.69 Å². The Labute approximate surface area is 141 Å². The first-order chi connectivity index (χ1) is 11.2. The zero-order valence-corrected chi connectivity index (χ0v) is 14.5. The van der Waals surface area contributed by atoms with E-state index in [0.717, 1.165) is 12.0 Å². The highest BCUT2D eigenvalue weighted by Gasteiger charge is 2.19. The monoisotopic (exact) mass is 336 g/mol. The van der Waals surface area contributed by atoms with Gasteiger partial charge in [-0.25, -0.2) is 0 Å². The molecule has 0 aromatic heterocycles. The molecular formula is C16H24N4O4. The molecule has 0 aliphatic rings. The summed E-state index contributed by atoms with van der Waals surface area (Å²) in [5.41, 5.74) is 0.754. The molecule has 0 aliphatic heterocycles. The third kappa shape index (κ3) is 5.96. The number of aryl methyl sites for hydroxylation is 1. The second-order valence-corrected chi connectivity index (χ2v) is 5.82. The Kier molecular flexibility index (Phi) is 7.31. The first-order valence-electron chi connectivity index (χ1n) is 7.72. The zero-order valence-electron chi connectivity index (χ0n) is 14.5. The van der Waals surface area contributed by atoms with Gasteiger partial charge in [0.05, 0.1) is 18.0 Å². The summed E-state index contributed by atoms with van der Waals surface area (Å²) in [5.74, 6) is -0.487. The molecule has 0 aliphatic carbocycles. The molecule has 1 N–H and O–H groups in total. The van der Waals surface area contributed by atoms with Gasteiger partial charge < -0.3 is 10.2 Å². The molecule has 0 saturated heterocycles. The van der Waals surface area contributed by atoms with E-state index >= 15 is 0 Å². The molecule has 0 bridgehead atoms. The summed E-state index contributed by atoms with van der Waals surface area (Å²) in [5, 5.41) is 13.7. The number of benzene rings is 1. The van der Waals surface area contributed by atoms with Gasteiger partial charge in [-0.1, -0.05) is 13.0 Å². The van der Waals surface area contributed by atoms with E-state index in [1.165, 1.54) is 17.0 Å². The summed E-state index contributed by atoms with van der Waals surface area (Å²) in [6.45, 7) is 4.41. The van der Waals surface area contributed by atoms with Gasteiger partial charge in [0.2, 0.25) is 11.8 Å². The van der Waals surface area contributed by atoms with Crippen LogP contribution in [0.3, 0.4) is 0 Å². The standard InChI is InChI=1S/C16H24N4O4/c1-5-8-19(11-16(22)18(3)4)10-15(21)17-13-7-6-12(2)9-14(13)20(23)24/h6-7,9H,5,8,10-11H2,1-4H3,(H,17,21). The molecule has 0 atom stereocenters. The van der Waals surface area contributed by atoms with E-state index in [0.29, 0.717) is 6.54 Å². The van der Waals surface area contributed by atoms with Crippen LogP contribution in [-0.2, 0) is 9.59 Å². The molecule has 8 heteroatoms. The van der Waals surface area contributed by atoms with Crippen molar-refractivity contribution in [2.45, 2.75) is 20.3 Å². The smallest absolute Gasteiger partial charge is 0.293 e. The van der Waals surface area contributed by atoms with Crippen LogP contribution >= 0.6 is 0 Å². The van der Waals surface area contributed by atoms with Crippen molar-refractivity contribution in [1.29, 1.82) is 0 Å². The highest BCUT2D eigenvalue weighted by molar-refractivity contribution is 5.94. The second kappa shape index (κ2) is 8.97. The van der Waals surface area contributed by atoms with Crippen LogP contribution in [0.25, 0.3) is 0 Å². The Morgan fingerprint density at radius 1 is 1.25 bits per heavy atom. The topological polar surface area (TPSA) is 95.8 Å². The fourth-order valence-corrected chi connectivity index (χ4v) is 2.15. The molecule has 0 saturated carbocycles. The molecule has 1 aromatic carbocycles. The summed E-state index contributed by atoms with van der Waals surface area (Å²) < 4.78 is 0. The highest BCUT2D eigenvalue weighted by atomic mass is 16.6. The maximum Gasteiger partial charge on any atom is 0.293 e. The van der Waals surface area contributed by atoms with Crippen LogP contribution in [0.1, 0.15) is 18.9 Å². The molecule has 24 heavy (non-hydrogen) atoms. The summed E-state index contributed by atoms with van der Waals surface area (Å²) in [6.07, 6.45) is 0.790. The van der Waals surface area contributed by atoms with Crippen molar-refractivity contribution in [1.82, 2.24) is 9.80 Å². The number of nitrogens with zero attached hydrogens (tertiary/aromatic N) is 3. The van der Waals surface area contributed by atoms with E-state index in [1.807, 2.05) is 6.92 Å². The maximum absolute atomic E-state index is 12.2. The third-order valence-electron chi connectivity index (χ3n) is 3.39. The number of carbonyl (C=O) groups is 2. The largest absolute Gasteiger partial charge is 0.348 e. The van der Waals surface area contributed by atoms with E-state index in [-0.39, 0.29) is 36.3 Å². The van der Waals surface area contributed by atoms with E-state index in [9.17, 15) is 19.7 Å².